The molecule has 1 unspecified atom stereocenters. The van der Waals surface area contributed by atoms with Crippen molar-refractivity contribution in [2.24, 2.45) is 5.73 Å². The summed E-state index contributed by atoms with van der Waals surface area (Å²) in [6.45, 7) is 4.34. The van der Waals surface area contributed by atoms with Gasteiger partial charge in [-0.2, -0.15) is 0 Å². The first-order valence-corrected chi connectivity index (χ1v) is 8.71. The predicted molar refractivity (Wildman–Crippen MR) is 91.6 cm³/mol. The van der Waals surface area contributed by atoms with Crippen molar-refractivity contribution in [1.29, 1.82) is 0 Å². The molecule has 0 saturated carbocycles. The van der Waals surface area contributed by atoms with Crippen LogP contribution in [0.1, 0.15) is 76.7 Å². The Labute approximate surface area is 131 Å². The summed E-state index contributed by atoms with van der Waals surface area (Å²) in [6.07, 6.45) is 12.9. The summed E-state index contributed by atoms with van der Waals surface area (Å²) in [6, 6.07) is 8.10. The van der Waals surface area contributed by atoms with Crippen LogP contribution in [0.4, 0.5) is 0 Å². The average Bonchev–Trinajstić information content (AvgIpc) is 2.48. The topological polar surface area (TPSA) is 35.2 Å². The number of hydrogen-bond donors (Lipinski definition) is 1. The number of benzene rings is 1. The summed E-state index contributed by atoms with van der Waals surface area (Å²) in [5, 5.41) is 0. The van der Waals surface area contributed by atoms with E-state index < -0.39 is 0 Å². The zero-order valence-electron chi connectivity index (χ0n) is 13.9. The summed E-state index contributed by atoms with van der Waals surface area (Å²) < 4.78 is 5.72. The SMILES string of the molecule is CCCCCCCCCCCC(N)Oc1ccc(C)cc1. The molecular formula is C19H33NO. The van der Waals surface area contributed by atoms with Crippen molar-refractivity contribution in [3.63, 3.8) is 0 Å². The first-order chi connectivity index (χ1) is 10.2. The molecule has 0 aliphatic heterocycles. The van der Waals surface area contributed by atoms with Crippen molar-refractivity contribution < 1.29 is 4.74 Å². The largest absolute Gasteiger partial charge is 0.476 e. The fourth-order valence-electron chi connectivity index (χ4n) is 2.51. The summed E-state index contributed by atoms with van der Waals surface area (Å²) in [5.74, 6) is 0.879. The lowest BCUT2D eigenvalue weighted by atomic mass is 10.1. The van der Waals surface area contributed by atoms with Gasteiger partial charge in [0.05, 0.1) is 0 Å². The van der Waals surface area contributed by atoms with Crippen molar-refractivity contribution >= 4 is 0 Å². The Bertz CT molecular complexity index is 347. The van der Waals surface area contributed by atoms with E-state index in [4.69, 9.17) is 10.5 Å². The van der Waals surface area contributed by atoms with Crippen LogP contribution >= 0.6 is 0 Å². The molecule has 0 aliphatic carbocycles. The Morgan fingerprint density at radius 1 is 0.857 bits per heavy atom. The molecule has 0 bridgehead atoms. The molecule has 120 valence electrons. The van der Waals surface area contributed by atoms with Gasteiger partial charge in [-0.3, -0.25) is 5.73 Å². The van der Waals surface area contributed by atoms with E-state index in [1.54, 1.807) is 0 Å². The second-order valence-corrected chi connectivity index (χ2v) is 6.09. The van der Waals surface area contributed by atoms with E-state index in [0.717, 1.165) is 12.2 Å². The Balaban J connectivity index is 1.96. The van der Waals surface area contributed by atoms with E-state index >= 15 is 0 Å². The van der Waals surface area contributed by atoms with Gasteiger partial charge in [0.2, 0.25) is 0 Å². The van der Waals surface area contributed by atoms with Gasteiger partial charge in [-0.25, -0.2) is 0 Å². The lowest BCUT2D eigenvalue weighted by Crippen LogP contribution is -2.26. The minimum Gasteiger partial charge on any atom is -0.476 e. The van der Waals surface area contributed by atoms with Crippen LogP contribution in [0.25, 0.3) is 0 Å². The molecule has 1 atom stereocenters. The maximum Gasteiger partial charge on any atom is 0.147 e. The monoisotopic (exact) mass is 291 g/mol. The highest BCUT2D eigenvalue weighted by atomic mass is 16.5. The number of aryl methyl sites for hydroxylation is 1. The maximum atomic E-state index is 6.02. The van der Waals surface area contributed by atoms with Gasteiger partial charge >= 0.3 is 0 Å². The molecule has 0 fully saturated rings. The molecule has 2 N–H and O–H groups in total. The van der Waals surface area contributed by atoms with Gasteiger partial charge in [-0.1, -0.05) is 76.0 Å². The molecule has 2 nitrogen and oxygen atoms in total. The second-order valence-electron chi connectivity index (χ2n) is 6.09. The number of nitrogens with two attached hydrogens (primary N) is 1. The molecule has 0 heterocycles. The fourth-order valence-corrected chi connectivity index (χ4v) is 2.51. The van der Waals surface area contributed by atoms with Gasteiger partial charge in [0.15, 0.2) is 0 Å². The Morgan fingerprint density at radius 2 is 1.38 bits per heavy atom. The van der Waals surface area contributed by atoms with E-state index in [1.807, 2.05) is 12.1 Å². The van der Waals surface area contributed by atoms with Crippen LogP contribution in [0.2, 0.25) is 0 Å². The third kappa shape index (κ3) is 9.52. The minimum atomic E-state index is -0.169. The zero-order valence-corrected chi connectivity index (χ0v) is 13.9. The fraction of sp³-hybridized carbons (Fsp3) is 0.684. The van der Waals surface area contributed by atoms with Crippen molar-refractivity contribution in [3.8, 4) is 5.75 Å². The summed E-state index contributed by atoms with van der Waals surface area (Å²) in [7, 11) is 0. The van der Waals surface area contributed by atoms with E-state index in [0.29, 0.717) is 0 Å². The number of hydrogen-bond acceptors (Lipinski definition) is 2. The van der Waals surface area contributed by atoms with Gasteiger partial charge in [-0.15, -0.1) is 0 Å². The van der Waals surface area contributed by atoms with Gasteiger partial charge in [0.1, 0.15) is 12.0 Å². The summed E-state index contributed by atoms with van der Waals surface area (Å²) in [5.41, 5.74) is 7.26. The lowest BCUT2D eigenvalue weighted by Gasteiger charge is -2.14. The van der Waals surface area contributed by atoms with Gasteiger partial charge < -0.3 is 4.74 Å². The molecule has 0 amide bonds. The molecule has 0 saturated heterocycles. The molecule has 1 rings (SSSR count). The highest BCUT2D eigenvalue weighted by Gasteiger charge is 2.04. The van der Waals surface area contributed by atoms with E-state index in [1.165, 1.54) is 63.4 Å². The second kappa shape index (κ2) is 11.6. The van der Waals surface area contributed by atoms with Gasteiger partial charge in [0.25, 0.3) is 0 Å². The zero-order chi connectivity index (χ0) is 15.3. The Hall–Kier alpha value is -1.02. The molecule has 0 spiro atoms. The van der Waals surface area contributed by atoms with E-state index in [-0.39, 0.29) is 6.23 Å². The normalized spacial score (nSPS) is 12.3. The number of ether oxygens (including phenoxy) is 1. The van der Waals surface area contributed by atoms with Crippen LogP contribution in [0.3, 0.4) is 0 Å². The molecule has 0 aliphatic rings. The Kier molecular flexibility index (Phi) is 9.98. The quantitative estimate of drug-likeness (QED) is 0.403. The highest BCUT2D eigenvalue weighted by Crippen LogP contribution is 2.15. The van der Waals surface area contributed by atoms with Crippen LogP contribution < -0.4 is 10.5 Å². The third-order valence-corrected chi connectivity index (χ3v) is 3.90. The molecule has 21 heavy (non-hydrogen) atoms. The molecule has 0 radical (unpaired) electrons. The Morgan fingerprint density at radius 3 is 1.95 bits per heavy atom. The average molecular weight is 291 g/mol. The lowest BCUT2D eigenvalue weighted by molar-refractivity contribution is 0.194. The first kappa shape index (κ1) is 18.0. The minimum absolute atomic E-state index is 0.169. The standard InChI is InChI=1S/C19H33NO/c1-3-4-5-6-7-8-9-10-11-12-19(20)21-18-15-13-17(2)14-16-18/h13-16,19H,3-12,20H2,1-2H3. The molecular weight excluding hydrogens is 258 g/mol. The maximum absolute atomic E-state index is 6.02. The van der Waals surface area contributed by atoms with Crippen LogP contribution in [-0.2, 0) is 0 Å². The summed E-state index contributed by atoms with van der Waals surface area (Å²) in [4.78, 5) is 0. The van der Waals surface area contributed by atoms with Crippen molar-refractivity contribution in [1.82, 2.24) is 0 Å². The van der Waals surface area contributed by atoms with Crippen molar-refractivity contribution in [3.05, 3.63) is 29.8 Å². The van der Waals surface area contributed by atoms with Crippen molar-refractivity contribution in [2.45, 2.75) is 84.3 Å². The highest BCUT2D eigenvalue weighted by molar-refractivity contribution is 5.26. The molecule has 1 aromatic rings. The predicted octanol–water partition coefficient (Wildman–Crippen LogP) is 5.58. The molecule has 2 heteroatoms. The van der Waals surface area contributed by atoms with Crippen LogP contribution in [0, 0.1) is 6.92 Å². The van der Waals surface area contributed by atoms with Gasteiger partial charge in [0, 0.05) is 0 Å². The summed E-state index contributed by atoms with van der Waals surface area (Å²) >= 11 is 0. The van der Waals surface area contributed by atoms with Crippen LogP contribution in [0.5, 0.6) is 5.75 Å². The first-order valence-electron chi connectivity index (χ1n) is 8.71. The van der Waals surface area contributed by atoms with Gasteiger partial charge in [-0.05, 0) is 31.9 Å². The third-order valence-electron chi connectivity index (χ3n) is 3.90. The number of rotatable bonds is 12. The number of unbranched alkanes of at least 4 members (excludes halogenated alkanes) is 8. The molecule has 1 aromatic carbocycles. The van der Waals surface area contributed by atoms with E-state index in [9.17, 15) is 0 Å². The van der Waals surface area contributed by atoms with Crippen LogP contribution in [-0.4, -0.2) is 6.23 Å². The molecule has 0 aromatic heterocycles. The van der Waals surface area contributed by atoms with Crippen molar-refractivity contribution in [2.75, 3.05) is 0 Å². The smallest absolute Gasteiger partial charge is 0.147 e. The van der Waals surface area contributed by atoms with E-state index in [2.05, 4.69) is 26.0 Å². The van der Waals surface area contributed by atoms with Crippen LogP contribution in [0.15, 0.2) is 24.3 Å².